The highest BCUT2D eigenvalue weighted by atomic mass is 16.5. The molecule has 0 aliphatic carbocycles. The molecule has 1 fully saturated rings. The Labute approximate surface area is 204 Å². The van der Waals surface area contributed by atoms with Gasteiger partial charge in [0.15, 0.2) is 0 Å². The fraction of sp³-hybridized carbons (Fsp3) is 0.400. The lowest BCUT2D eigenvalue weighted by atomic mass is 10.1. The quantitative estimate of drug-likeness (QED) is 0.437. The van der Waals surface area contributed by atoms with Crippen molar-refractivity contribution < 1.29 is 28.6 Å². The van der Waals surface area contributed by atoms with Gasteiger partial charge in [-0.2, -0.15) is 0 Å². The highest BCUT2D eigenvalue weighted by molar-refractivity contribution is 6.05. The van der Waals surface area contributed by atoms with Gasteiger partial charge in [-0.25, -0.2) is 14.8 Å². The normalized spacial score (nSPS) is 15.4. The molecule has 1 unspecified atom stereocenters. The molecule has 2 heterocycles. The van der Waals surface area contributed by atoms with Crippen LogP contribution < -0.4 is 9.47 Å². The zero-order chi connectivity index (χ0) is 25.7. The Morgan fingerprint density at radius 2 is 1.71 bits per heavy atom. The van der Waals surface area contributed by atoms with Gasteiger partial charge in [0.05, 0.1) is 19.9 Å². The molecule has 2 amide bonds. The van der Waals surface area contributed by atoms with Gasteiger partial charge in [-0.15, -0.1) is 0 Å². The number of aromatic nitrogens is 2. The average Bonchev–Trinajstić information content (AvgIpc) is 2.85. The summed E-state index contributed by atoms with van der Waals surface area (Å²) in [5, 5.41) is 0. The van der Waals surface area contributed by atoms with Crippen molar-refractivity contribution in [3.8, 4) is 11.5 Å². The molecular weight excluding hydrogens is 452 g/mol. The van der Waals surface area contributed by atoms with Gasteiger partial charge in [-0.05, 0) is 32.9 Å². The lowest BCUT2D eigenvalue weighted by Crippen LogP contribution is -2.55. The number of methoxy groups -OCH3 is 2. The third-order valence-electron chi connectivity index (χ3n) is 5.76. The third kappa shape index (κ3) is 5.26. The summed E-state index contributed by atoms with van der Waals surface area (Å²) in [6, 6.07) is 4.84. The molecule has 186 valence electrons. The van der Waals surface area contributed by atoms with E-state index in [1.807, 2.05) is 6.92 Å². The van der Waals surface area contributed by atoms with E-state index in [1.165, 1.54) is 20.3 Å². The van der Waals surface area contributed by atoms with Crippen molar-refractivity contribution in [1.29, 1.82) is 0 Å². The highest BCUT2D eigenvalue weighted by Gasteiger charge is 2.35. The zero-order valence-corrected chi connectivity index (χ0v) is 20.7. The Morgan fingerprint density at radius 3 is 2.29 bits per heavy atom. The number of carbonyl (C=O) groups is 3. The summed E-state index contributed by atoms with van der Waals surface area (Å²) in [5.41, 5.74) is 0.716. The van der Waals surface area contributed by atoms with Crippen LogP contribution in [-0.4, -0.2) is 84.1 Å². The number of rotatable bonds is 7. The van der Waals surface area contributed by atoms with Crippen molar-refractivity contribution in [1.82, 2.24) is 19.8 Å². The van der Waals surface area contributed by atoms with Crippen molar-refractivity contribution in [3.05, 3.63) is 59.2 Å². The number of hydrogen-bond donors (Lipinski definition) is 0. The first-order valence-corrected chi connectivity index (χ1v) is 11.2. The summed E-state index contributed by atoms with van der Waals surface area (Å²) in [7, 11) is 2.99. The van der Waals surface area contributed by atoms with Crippen molar-refractivity contribution >= 4 is 17.8 Å². The number of hydrogen-bond acceptors (Lipinski definition) is 8. The van der Waals surface area contributed by atoms with Crippen LogP contribution in [0.5, 0.6) is 11.5 Å². The van der Waals surface area contributed by atoms with Gasteiger partial charge in [-0.1, -0.05) is 18.7 Å². The predicted octanol–water partition coefficient (Wildman–Crippen LogP) is 2.44. The summed E-state index contributed by atoms with van der Waals surface area (Å²) in [5.74, 6) is -0.157. The molecule has 0 spiro atoms. The molecule has 10 nitrogen and oxygen atoms in total. The summed E-state index contributed by atoms with van der Waals surface area (Å²) in [6.45, 7) is 9.48. The van der Waals surface area contributed by atoms with E-state index in [1.54, 1.807) is 41.8 Å². The van der Waals surface area contributed by atoms with Crippen LogP contribution in [0, 0.1) is 13.8 Å². The minimum Gasteiger partial charge on any atom is -0.496 e. The molecule has 10 heteroatoms. The lowest BCUT2D eigenvalue weighted by molar-refractivity contribution is 0.0403. The second-order valence-electron chi connectivity index (χ2n) is 8.10. The van der Waals surface area contributed by atoms with E-state index in [2.05, 4.69) is 16.5 Å². The average molecular weight is 483 g/mol. The minimum atomic E-state index is -0.684. The molecule has 1 aromatic heterocycles. The van der Waals surface area contributed by atoms with Gasteiger partial charge in [0.2, 0.25) is 0 Å². The van der Waals surface area contributed by atoms with E-state index in [0.717, 1.165) is 0 Å². The van der Waals surface area contributed by atoms with Crippen molar-refractivity contribution in [2.24, 2.45) is 0 Å². The first kappa shape index (κ1) is 25.7. The van der Waals surface area contributed by atoms with Crippen LogP contribution in [0.3, 0.4) is 0 Å². The maximum Gasteiger partial charge on any atom is 0.342 e. The number of piperazine rings is 1. The SMILES string of the molecule is C=CCOC(=O)c1c(C)nc(C)nc1C(=O)N1CCN(C(=O)c2c(OC)cccc2OC)C(C)C1. The molecular formula is C25H30N4O6. The largest absolute Gasteiger partial charge is 0.496 e. The van der Waals surface area contributed by atoms with E-state index in [-0.39, 0.29) is 49.4 Å². The highest BCUT2D eigenvalue weighted by Crippen LogP contribution is 2.31. The van der Waals surface area contributed by atoms with Crippen LogP contribution in [0.25, 0.3) is 0 Å². The standard InChI is InChI=1S/C25H30N4O6/c1-7-13-35-25(32)20-16(3)26-17(4)27-22(20)24(31)28-11-12-29(15(2)14-28)23(30)21-18(33-5)9-8-10-19(21)34-6/h7-10,15H,1,11-14H2,2-6H3. The molecule has 35 heavy (non-hydrogen) atoms. The Hall–Kier alpha value is -3.95. The first-order chi connectivity index (χ1) is 16.7. The van der Waals surface area contributed by atoms with Crippen molar-refractivity contribution in [2.45, 2.75) is 26.8 Å². The molecule has 1 aliphatic rings. The fourth-order valence-corrected chi connectivity index (χ4v) is 4.12. The van der Waals surface area contributed by atoms with Gasteiger partial charge in [0, 0.05) is 25.7 Å². The van der Waals surface area contributed by atoms with Crippen LogP contribution in [0.4, 0.5) is 0 Å². The second kappa shape index (κ2) is 11.0. The number of aryl methyl sites for hydroxylation is 2. The van der Waals surface area contributed by atoms with Gasteiger partial charge in [-0.3, -0.25) is 9.59 Å². The molecule has 3 rings (SSSR count). The Morgan fingerprint density at radius 1 is 1.06 bits per heavy atom. The summed E-state index contributed by atoms with van der Waals surface area (Å²) >= 11 is 0. The Balaban J connectivity index is 1.85. The van der Waals surface area contributed by atoms with Crippen molar-refractivity contribution in [2.75, 3.05) is 40.5 Å². The lowest BCUT2D eigenvalue weighted by Gasteiger charge is -2.40. The molecule has 0 bridgehead atoms. The van der Waals surface area contributed by atoms with Crippen LogP contribution in [-0.2, 0) is 4.74 Å². The third-order valence-corrected chi connectivity index (χ3v) is 5.76. The summed E-state index contributed by atoms with van der Waals surface area (Å²) < 4.78 is 15.9. The van der Waals surface area contributed by atoms with Crippen LogP contribution >= 0.6 is 0 Å². The van der Waals surface area contributed by atoms with Gasteiger partial charge in [0.25, 0.3) is 11.8 Å². The number of nitrogens with zero attached hydrogens (tertiary/aromatic N) is 4. The molecule has 1 aromatic carbocycles. The molecule has 0 radical (unpaired) electrons. The topological polar surface area (TPSA) is 111 Å². The number of carbonyl (C=O) groups excluding carboxylic acids is 3. The van der Waals surface area contributed by atoms with E-state index in [9.17, 15) is 14.4 Å². The number of ether oxygens (including phenoxy) is 3. The zero-order valence-electron chi connectivity index (χ0n) is 20.7. The molecule has 1 saturated heterocycles. The van der Waals surface area contributed by atoms with Gasteiger partial charge >= 0.3 is 5.97 Å². The molecule has 2 aromatic rings. The molecule has 1 atom stereocenters. The van der Waals surface area contributed by atoms with E-state index in [0.29, 0.717) is 28.6 Å². The Bertz CT molecular complexity index is 1130. The Kier molecular flexibility index (Phi) is 8.06. The fourth-order valence-electron chi connectivity index (χ4n) is 4.12. The maximum absolute atomic E-state index is 13.5. The predicted molar refractivity (Wildman–Crippen MR) is 128 cm³/mol. The second-order valence-corrected chi connectivity index (χ2v) is 8.10. The monoisotopic (exact) mass is 482 g/mol. The molecule has 0 N–H and O–H groups in total. The molecule has 1 aliphatic heterocycles. The smallest absolute Gasteiger partial charge is 0.342 e. The van der Waals surface area contributed by atoms with E-state index < -0.39 is 11.9 Å². The number of amides is 2. The van der Waals surface area contributed by atoms with Crippen LogP contribution in [0.2, 0.25) is 0 Å². The summed E-state index contributed by atoms with van der Waals surface area (Å²) in [6.07, 6.45) is 1.44. The number of esters is 1. The molecule has 0 saturated carbocycles. The van der Waals surface area contributed by atoms with Crippen LogP contribution in [0.15, 0.2) is 30.9 Å². The summed E-state index contributed by atoms with van der Waals surface area (Å²) in [4.78, 5) is 51.3. The minimum absolute atomic E-state index is 0.00398. The van der Waals surface area contributed by atoms with Crippen LogP contribution in [0.1, 0.15) is 49.6 Å². The first-order valence-electron chi connectivity index (χ1n) is 11.2. The van der Waals surface area contributed by atoms with Gasteiger partial charge in [0.1, 0.15) is 40.8 Å². The van der Waals surface area contributed by atoms with Crippen molar-refractivity contribution in [3.63, 3.8) is 0 Å². The van der Waals surface area contributed by atoms with E-state index in [4.69, 9.17) is 14.2 Å². The number of benzene rings is 1. The maximum atomic E-state index is 13.5. The van der Waals surface area contributed by atoms with E-state index >= 15 is 0 Å². The van der Waals surface area contributed by atoms with Gasteiger partial charge < -0.3 is 24.0 Å².